The summed E-state index contributed by atoms with van der Waals surface area (Å²) in [6.07, 6.45) is -1.98. The molecule has 0 bridgehead atoms. The monoisotopic (exact) mass is 500 g/mol. The molecule has 3 rings (SSSR count). The van der Waals surface area contributed by atoms with Gasteiger partial charge in [0.1, 0.15) is 18.3 Å². The van der Waals surface area contributed by atoms with Crippen LogP contribution in [0.3, 0.4) is 0 Å². The van der Waals surface area contributed by atoms with Crippen LogP contribution in [-0.4, -0.2) is 56.7 Å². The number of ether oxygens (including phenoxy) is 1. The molecule has 0 saturated carbocycles. The van der Waals surface area contributed by atoms with Gasteiger partial charge in [-0.3, -0.25) is 14.3 Å². The number of rotatable bonds is 5. The van der Waals surface area contributed by atoms with E-state index in [9.17, 15) is 14.7 Å². The lowest BCUT2D eigenvalue weighted by Crippen LogP contribution is -2.65. The van der Waals surface area contributed by atoms with Crippen molar-refractivity contribution in [2.24, 2.45) is 0 Å². The first-order chi connectivity index (χ1) is 15.3. The van der Waals surface area contributed by atoms with Crippen molar-refractivity contribution in [1.29, 1.82) is 0 Å². The van der Waals surface area contributed by atoms with E-state index >= 15 is 0 Å². The number of H-pyrrole nitrogens is 1. The molecular weight excluding hydrogens is 460 g/mol. The molecule has 0 aromatic carbocycles. The van der Waals surface area contributed by atoms with Crippen molar-refractivity contribution in [3.63, 3.8) is 0 Å². The fourth-order valence-electron chi connectivity index (χ4n) is 5.14. The highest BCUT2D eigenvalue weighted by molar-refractivity contribution is 6.83. The van der Waals surface area contributed by atoms with E-state index in [2.05, 4.69) is 60.4 Å². The third-order valence-electron chi connectivity index (χ3n) is 7.06. The summed E-state index contributed by atoms with van der Waals surface area (Å²) in [4.78, 5) is 26.7. The maximum absolute atomic E-state index is 12.5. The number of nitrogens with one attached hydrogen (secondary N) is 1. The summed E-state index contributed by atoms with van der Waals surface area (Å²) >= 11 is 0. The summed E-state index contributed by atoms with van der Waals surface area (Å²) in [5, 5.41) is 11.3. The molecule has 1 unspecified atom stereocenters. The molecule has 4 atom stereocenters. The van der Waals surface area contributed by atoms with Gasteiger partial charge in [0.05, 0.1) is 6.61 Å². The van der Waals surface area contributed by atoms with Gasteiger partial charge in [-0.15, -0.1) is 0 Å². The number of hydrogen-bond donors (Lipinski definition) is 2. The zero-order valence-electron chi connectivity index (χ0n) is 21.2. The molecule has 0 aliphatic carbocycles. The fourth-order valence-corrected chi connectivity index (χ4v) is 16.4. The predicted molar refractivity (Wildman–Crippen MR) is 130 cm³/mol. The minimum Gasteiger partial charge on any atom is -0.414 e. The van der Waals surface area contributed by atoms with Crippen LogP contribution in [0.15, 0.2) is 15.8 Å². The van der Waals surface area contributed by atoms with E-state index in [1.165, 1.54) is 10.8 Å². The van der Waals surface area contributed by atoms with Gasteiger partial charge in [-0.25, -0.2) is 4.79 Å². The van der Waals surface area contributed by atoms with Gasteiger partial charge >= 0.3 is 22.8 Å². The zero-order valence-corrected chi connectivity index (χ0v) is 23.2. The molecule has 1 aromatic rings. The average molecular weight is 501 g/mol. The van der Waals surface area contributed by atoms with Gasteiger partial charge in [0.15, 0.2) is 6.23 Å². The van der Waals surface area contributed by atoms with Crippen molar-refractivity contribution in [3.8, 4) is 0 Å². The summed E-state index contributed by atoms with van der Waals surface area (Å²) in [6.45, 7) is 18.8. The Balaban J connectivity index is 2.10. The second-order valence-corrected chi connectivity index (χ2v) is 19.4. The van der Waals surface area contributed by atoms with Crippen LogP contribution in [0.2, 0.25) is 22.2 Å². The van der Waals surface area contributed by atoms with Crippen molar-refractivity contribution in [3.05, 3.63) is 32.6 Å². The van der Waals surface area contributed by atoms with E-state index in [0.29, 0.717) is 5.56 Å². The van der Waals surface area contributed by atoms with Crippen LogP contribution in [-0.2, 0) is 17.7 Å². The third kappa shape index (κ3) is 4.48. The van der Waals surface area contributed by atoms with Crippen molar-refractivity contribution in [2.75, 3.05) is 6.61 Å². The Hall–Kier alpha value is -1.09. The second kappa shape index (κ2) is 9.52. The smallest absolute Gasteiger partial charge is 0.335 e. The van der Waals surface area contributed by atoms with Gasteiger partial charge in [0, 0.05) is 11.8 Å². The van der Waals surface area contributed by atoms with Crippen molar-refractivity contribution in [2.45, 2.75) is 109 Å². The number of aryl methyl sites for hydroxylation is 1. The minimum absolute atomic E-state index is 0.105. The Morgan fingerprint density at radius 1 is 1.00 bits per heavy atom. The van der Waals surface area contributed by atoms with E-state index in [1.807, 2.05) is 0 Å². The Morgan fingerprint density at radius 2 is 1.55 bits per heavy atom. The van der Waals surface area contributed by atoms with E-state index in [1.54, 1.807) is 6.92 Å². The van der Waals surface area contributed by atoms with Crippen LogP contribution in [0.1, 0.15) is 67.2 Å². The van der Waals surface area contributed by atoms with E-state index in [-0.39, 0.29) is 28.8 Å². The standard InChI is InChI=1S/C22H40N2O7Si2/c1-12(2)32(13(3)4)28-11-17-19(30-33(31-32,14(5)6)15(7)8)18(25)21(29-17)24-10-16(9)20(26)23-22(24)27/h10,12-15,17-19,21,25H,11H2,1-9H3,(H,23,26,27)/t17?,18-,19+,21-/m1/s1. The Kier molecular flexibility index (Phi) is 7.65. The van der Waals surface area contributed by atoms with Gasteiger partial charge in [0.2, 0.25) is 0 Å². The highest BCUT2D eigenvalue weighted by Gasteiger charge is 2.61. The molecular formula is C22H40N2O7Si2. The van der Waals surface area contributed by atoms with Crippen LogP contribution in [0.25, 0.3) is 0 Å². The van der Waals surface area contributed by atoms with Crippen LogP contribution in [0.5, 0.6) is 0 Å². The molecule has 0 radical (unpaired) electrons. The molecule has 0 spiro atoms. The van der Waals surface area contributed by atoms with Gasteiger partial charge in [-0.05, 0) is 29.1 Å². The van der Waals surface area contributed by atoms with Crippen LogP contribution >= 0.6 is 0 Å². The zero-order chi connectivity index (χ0) is 24.9. The molecule has 0 amide bonds. The molecule has 2 aliphatic heterocycles. The normalized spacial score (nSPS) is 29.5. The topological polar surface area (TPSA) is 112 Å². The summed E-state index contributed by atoms with van der Waals surface area (Å²) < 4.78 is 28.1. The first-order valence-corrected chi connectivity index (χ1v) is 15.9. The minimum atomic E-state index is -2.92. The number of hydrogen-bond acceptors (Lipinski definition) is 7. The van der Waals surface area contributed by atoms with E-state index < -0.39 is 52.9 Å². The largest absolute Gasteiger partial charge is 0.414 e. The van der Waals surface area contributed by atoms with Crippen LogP contribution in [0, 0.1) is 6.92 Å². The highest BCUT2D eigenvalue weighted by atomic mass is 28.5. The Bertz CT molecular complexity index is 943. The van der Waals surface area contributed by atoms with Gasteiger partial charge < -0.3 is 22.8 Å². The fraction of sp³-hybridized carbons (Fsp3) is 0.818. The molecule has 33 heavy (non-hydrogen) atoms. The summed E-state index contributed by atoms with van der Waals surface area (Å²) in [5.41, 5.74) is -0.151. The molecule has 2 fully saturated rings. The first kappa shape index (κ1) is 26.5. The third-order valence-corrected chi connectivity index (χ3v) is 17.3. The molecule has 2 saturated heterocycles. The molecule has 2 aliphatic rings. The van der Waals surface area contributed by atoms with Gasteiger partial charge in [0.25, 0.3) is 5.56 Å². The highest BCUT2D eigenvalue weighted by Crippen LogP contribution is 2.48. The Labute approximate surface area is 197 Å². The summed E-state index contributed by atoms with van der Waals surface area (Å²) in [6, 6.07) is 0. The van der Waals surface area contributed by atoms with Crippen molar-refractivity contribution < 1.29 is 22.8 Å². The van der Waals surface area contributed by atoms with E-state index in [0.717, 1.165) is 0 Å². The lowest BCUT2D eigenvalue weighted by atomic mass is 10.1. The molecule has 188 valence electrons. The molecule has 1 aromatic heterocycles. The number of fused-ring (bicyclic) bond motifs is 1. The second-order valence-electron chi connectivity index (χ2n) is 10.6. The summed E-state index contributed by atoms with van der Waals surface area (Å²) in [7, 11) is -5.65. The quantitative estimate of drug-likeness (QED) is 0.598. The van der Waals surface area contributed by atoms with Crippen LogP contribution < -0.4 is 11.2 Å². The molecule has 3 heterocycles. The number of aliphatic hydroxyl groups excluding tert-OH is 1. The van der Waals surface area contributed by atoms with Crippen molar-refractivity contribution >= 4 is 17.1 Å². The number of aromatic amines is 1. The lowest BCUT2D eigenvalue weighted by Gasteiger charge is -2.51. The summed E-state index contributed by atoms with van der Waals surface area (Å²) in [5.74, 6) is 0. The maximum Gasteiger partial charge on any atom is 0.335 e. The van der Waals surface area contributed by atoms with Gasteiger partial charge in [-0.1, -0.05) is 55.4 Å². The number of aliphatic hydroxyl groups is 1. The van der Waals surface area contributed by atoms with E-state index in [4.69, 9.17) is 17.7 Å². The SMILES string of the molecule is Cc1cn([C@@H]2OC3CO[Si](C(C)C)(C(C)C)O[Si](C(C)C)(C(C)C)O[C@@H]3[C@H]2O)c(=O)[nH]c1=O. The first-order valence-electron chi connectivity index (χ1n) is 11.9. The average Bonchev–Trinajstić information content (AvgIpc) is 2.98. The molecule has 2 N–H and O–H groups in total. The predicted octanol–water partition coefficient (Wildman–Crippen LogP) is 3.06. The Morgan fingerprint density at radius 3 is 2.06 bits per heavy atom. The van der Waals surface area contributed by atoms with Gasteiger partial charge in [-0.2, -0.15) is 0 Å². The molecule has 9 nitrogen and oxygen atoms in total. The van der Waals surface area contributed by atoms with Crippen molar-refractivity contribution in [1.82, 2.24) is 9.55 Å². The number of aromatic nitrogens is 2. The lowest BCUT2D eigenvalue weighted by molar-refractivity contribution is -0.0601. The number of nitrogens with zero attached hydrogens (tertiary/aromatic N) is 1. The maximum atomic E-state index is 12.5. The molecule has 11 heteroatoms. The van der Waals surface area contributed by atoms with Crippen LogP contribution in [0.4, 0.5) is 0 Å².